The van der Waals surface area contributed by atoms with E-state index in [1.165, 1.54) is 0 Å². The number of rotatable bonds is 3. The molecule has 0 aliphatic heterocycles. The number of carbonyl (C=O) groups is 1. The van der Waals surface area contributed by atoms with Crippen LogP contribution in [0.15, 0.2) is 18.2 Å². The van der Waals surface area contributed by atoms with Gasteiger partial charge in [-0.2, -0.15) is 0 Å². The topological polar surface area (TPSA) is 64.3 Å². The van der Waals surface area contributed by atoms with Crippen LogP contribution in [0, 0.1) is 0 Å². The zero-order valence-corrected chi connectivity index (χ0v) is 11.0. The molecule has 18 heavy (non-hydrogen) atoms. The number of nitrogen functional groups attached to an aromatic ring is 1. The van der Waals surface area contributed by atoms with Crippen LogP contribution < -0.4 is 11.1 Å². The number of methoxy groups -OCH3 is 1. The molecular weight excluding hydrogens is 252 g/mol. The van der Waals surface area contributed by atoms with Gasteiger partial charge in [0.05, 0.1) is 22.4 Å². The molecule has 0 heterocycles. The van der Waals surface area contributed by atoms with E-state index >= 15 is 0 Å². The monoisotopic (exact) mass is 268 g/mol. The third-order valence-corrected chi connectivity index (χ3v) is 3.68. The maximum absolute atomic E-state index is 12.1. The Bertz CT molecular complexity index is 451. The molecule has 2 atom stereocenters. The molecule has 3 N–H and O–H groups in total. The van der Waals surface area contributed by atoms with Crippen LogP contribution in [0.25, 0.3) is 0 Å². The number of halogens is 1. The van der Waals surface area contributed by atoms with Gasteiger partial charge in [0.25, 0.3) is 5.91 Å². The van der Waals surface area contributed by atoms with E-state index in [0.717, 1.165) is 19.3 Å². The molecule has 2 rings (SSSR count). The number of hydrogen-bond acceptors (Lipinski definition) is 3. The summed E-state index contributed by atoms with van der Waals surface area (Å²) in [6.07, 6.45) is 3.01. The number of hydrogen-bond donors (Lipinski definition) is 2. The van der Waals surface area contributed by atoms with Gasteiger partial charge in [0.2, 0.25) is 0 Å². The van der Waals surface area contributed by atoms with Crippen LogP contribution in [-0.4, -0.2) is 25.2 Å². The highest BCUT2D eigenvalue weighted by Crippen LogP contribution is 2.24. The van der Waals surface area contributed by atoms with Gasteiger partial charge in [-0.25, -0.2) is 0 Å². The standard InChI is InChI=1S/C13H17ClN2O2/c1-18-9-6-5-8(7-9)16-13(17)10-3-2-4-11(14)12(10)15/h2-4,8-9H,5-7,15H2,1H3,(H,16,17). The maximum Gasteiger partial charge on any atom is 0.253 e. The van der Waals surface area contributed by atoms with Crippen LogP contribution in [-0.2, 0) is 4.74 Å². The first-order valence-electron chi connectivity index (χ1n) is 5.99. The Kier molecular flexibility index (Phi) is 4.09. The molecule has 2 unspecified atom stereocenters. The number of para-hydroxylation sites is 1. The lowest BCUT2D eigenvalue weighted by Gasteiger charge is -2.14. The van der Waals surface area contributed by atoms with Crippen molar-refractivity contribution in [3.8, 4) is 0 Å². The van der Waals surface area contributed by atoms with Gasteiger partial charge < -0.3 is 15.8 Å². The summed E-state index contributed by atoms with van der Waals surface area (Å²) in [6.45, 7) is 0. The number of anilines is 1. The number of carbonyl (C=O) groups excluding carboxylic acids is 1. The normalized spacial score (nSPS) is 23.0. The van der Waals surface area contributed by atoms with Crippen molar-refractivity contribution in [2.75, 3.05) is 12.8 Å². The fourth-order valence-corrected chi connectivity index (χ4v) is 2.46. The Labute approximate surface area is 111 Å². The lowest BCUT2D eigenvalue weighted by molar-refractivity contribution is 0.0916. The Balaban J connectivity index is 2.02. The van der Waals surface area contributed by atoms with E-state index in [4.69, 9.17) is 22.1 Å². The molecule has 1 saturated carbocycles. The van der Waals surface area contributed by atoms with Crippen molar-refractivity contribution in [3.05, 3.63) is 28.8 Å². The molecule has 0 saturated heterocycles. The average molecular weight is 269 g/mol. The molecule has 1 aliphatic rings. The number of ether oxygens (including phenoxy) is 1. The molecule has 0 spiro atoms. The van der Waals surface area contributed by atoms with Crippen molar-refractivity contribution >= 4 is 23.2 Å². The van der Waals surface area contributed by atoms with Crippen LogP contribution >= 0.6 is 11.6 Å². The van der Waals surface area contributed by atoms with Gasteiger partial charge in [-0.1, -0.05) is 17.7 Å². The summed E-state index contributed by atoms with van der Waals surface area (Å²) in [4.78, 5) is 12.1. The predicted octanol–water partition coefficient (Wildman–Crippen LogP) is 2.22. The third-order valence-electron chi connectivity index (χ3n) is 3.35. The molecule has 98 valence electrons. The van der Waals surface area contributed by atoms with E-state index in [2.05, 4.69) is 5.32 Å². The number of nitrogens with one attached hydrogen (secondary N) is 1. The highest BCUT2D eigenvalue weighted by Gasteiger charge is 2.26. The minimum absolute atomic E-state index is 0.154. The molecule has 4 nitrogen and oxygen atoms in total. The number of nitrogens with two attached hydrogens (primary N) is 1. The molecule has 0 radical (unpaired) electrons. The van der Waals surface area contributed by atoms with E-state index < -0.39 is 0 Å². The lowest BCUT2D eigenvalue weighted by Crippen LogP contribution is -2.33. The fourth-order valence-electron chi connectivity index (χ4n) is 2.28. The summed E-state index contributed by atoms with van der Waals surface area (Å²) >= 11 is 5.90. The van der Waals surface area contributed by atoms with Crippen LogP contribution in [0.1, 0.15) is 29.6 Å². The summed E-state index contributed by atoms with van der Waals surface area (Å²) < 4.78 is 5.27. The largest absolute Gasteiger partial charge is 0.397 e. The Morgan fingerprint density at radius 3 is 2.94 bits per heavy atom. The van der Waals surface area contributed by atoms with Gasteiger partial charge >= 0.3 is 0 Å². The number of benzene rings is 1. The van der Waals surface area contributed by atoms with Crippen molar-refractivity contribution < 1.29 is 9.53 Å². The summed E-state index contributed by atoms with van der Waals surface area (Å²) in [5.41, 5.74) is 6.56. The minimum Gasteiger partial charge on any atom is -0.397 e. The summed E-state index contributed by atoms with van der Waals surface area (Å²) in [5.74, 6) is -0.170. The molecule has 1 aromatic carbocycles. The summed E-state index contributed by atoms with van der Waals surface area (Å²) in [7, 11) is 1.70. The zero-order chi connectivity index (χ0) is 13.1. The van der Waals surface area contributed by atoms with Crippen LogP contribution in [0.5, 0.6) is 0 Å². The van der Waals surface area contributed by atoms with E-state index in [1.54, 1.807) is 25.3 Å². The van der Waals surface area contributed by atoms with Crippen LogP contribution in [0.3, 0.4) is 0 Å². The van der Waals surface area contributed by atoms with Gasteiger partial charge in [-0.05, 0) is 31.4 Å². The fraction of sp³-hybridized carbons (Fsp3) is 0.462. The van der Waals surface area contributed by atoms with Gasteiger partial charge in [-0.15, -0.1) is 0 Å². The molecule has 1 aromatic rings. The van der Waals surface area contributed by atoms with Gasteiger partial charge in [-0.3, -0.25) is 4.79 Å². The van der Waals surface area contributed by atoms with E-state index in [9.17, 15) is 4.79 Å². The third kappa shape index (κ3) is 2.76. The Morgan fingerprint density at radius 2 is 2.28 bits per heavy atom. The average Bonchev–Trinajstić information content (AvgIpc) is 2.80. The van der Waals surface area contributed by atoms with E-state index in [1.807, 2.05) is 0 Å². The highest BCUT2D eigenvalue weighted by atomic mass is 35.5. The molecular formula is C13H17ClN2O2. The van der Waals surface area contributed by atoms with Crippen LogP contribution in [0.4, 0.5) is 5.69 Å². The minimum atomic E-state index is -0.170. The van der Waals surface area contributed by atoms with Crippen molar-refractivity contribution in [2.24, 2.45) is 0 Å². The van der Waals surface area contributed by atoms with Crippen molar-refractivity contribution in [1.29, 1.82) is 0 Å². The zero-order valence-electron chi connectivity index (χ0n) is 10.3. The highest BCUT2D eigenvalue weighted by molar-refractivity contribution is 6.33. The lowest BCUT2D eigenvalue weighted by atomic mass is 10.1. The van der Waals surface area contributed by atoms with Gasteiger partial charge in [0.1, 0.15) is 0 Å². The maximum atomic E-state index is 12.1. The Morgan fingerprint density at radius 1 is 1.50 bits per heavy atom. The smallest absolute Gasteiger partial charge is 0.253 e. The van der Waals surface area contributed by atoms with Crippen molar-refractivity contribution in [3.63, 3.8) is 0 Å². The van der Waals surface area contributed by atoms with Gasteiger partial charge in [0, 0.05) is 13.2 Å². The van der Waals surface area contributed by atoms with Gasteiger partial charge in [0.15, 0.2) is 0 Å². The molecule has 1 amide bonds. The molecule has 1 fully saturated rings. The van der Waals surface area contributed by atoms with E-state index in [0.29, 0.717) is 16.3 Å². The molecule has 0 aromatic heterocycles. The molecule has 5 heteroatoms. The van der Waals surface area contributed by atoms with E-state index in [-0.39, 0.29) is 18.1 Å². The second-order valence-corrected chi connectivity index (χ2v) is 4.95. The number of amides is 1. The first-order chi connectivity index (χ1) is 8.61. The SMILES string of the molecule is COC1CCC(NC(=O)c2cccc(Cl)c2N)C1. The summed E-state index contributed by atoms with van der Waals surface area (Å²) in [6, 6.07) is 5.23. The quantitative estimate of drug-likeness (QED) is 0.826. The first kappa shape index (κ1) is 13.2. The summed E-state index contributed by atoms with van der Waals surface area (Å²) in [5, 5.41) is 3.38. The molecule has 0 bridgehead atoms. The van der Waals surface area contributed by atoms with Crippen molar-refractivity contribution in [1.82, 2.24) is 5.32 Å². The Hall–Kier alpha value is -1.26. The van der Waals surface area contributed by atoms with Crippen LogP contribution in [0.2, 0.25) is 5.02 Å². The first-order valence-corrected chi connectivity index (χ1v) is 6.37. The van der Waals surface area contributed by atoms with Crippen molar-refractivity contribution in [2.45, 2.75) is 31.4 Å². The second kappa shape index (κ2) is 5.59. The molecule has 1 aliphatic carbocycles. The predicted molar refractivity (Wildman–Crippen MR) is 71.8 cm³/mol. The second-order valence-electron chi connectivity index (χ2n) is 4.54.